The summed E-state index contributed by atoms with van der Waals surface area (Å²) in [6.45, 7) is 2.43. The van der Waals surface area contributed by atoms with Crippen LogP contribution in [0.4, 0.5) is 4.79 Å². The van der Waals surface area contributed by atoms with Crippen molar-refractivity contribution in [1.29, 1.82) is 0 Å². The van der Waals surface area contributed by atoms with Crippen LogP contribution in [0, 0.1) is 0 Å². The molecule has 0 fully saturated rings. The van der Waals surface area contributed by atoms with E-state index in [0.29, 0.717) is 29.1 Å². The van der Waals surface area contributed by atoms with E-state index in [1.165, 1.54) is 6.92 Å². The number of ether oxygens (including phenoxy) is 2. The number of hydrogen-bond donors (Lipinski definition) is 8. The summed E-state index contributed by atoms with van der Waals surface area (Å²) in [5, 5.41) is 32.7. The summed E-state index contributed by atoms with van der Waals surface area (Å²) in [6.07, 6.45) is -1.88. The molecular formula is C54H58N8O14S2. The number of carbonyl (C=O) groups excluding carboxylic acids is 7. The van der Waals surface area contributed by atoms with Gasteiger partial charge in [0.1, 0.15) is 36.8 Å². The summed E-state index contributed by atoms with van der Waals surface area (Å²) in [5.41, 5.74) is 8.71. The number of fused-ring (bicyclic) bond motifs is 5. The molecule has 22 nitrogen and oxygen atoms in total. The van der Waals surface area contributed by atoms with E-state index in [9.17, 15) is 58.2 Å². The van der Waals surface area contributed by atoms with Crippen LogP contribution in [0.25, 0.3) is 22.3 Å². The third kappa shape index (κ3) is 14.3. The zero-order valence-corrected chi connectivity index (χ0v) is 44.1. The zero-order valence-electron chi connectivity index (χ0n) is 42.5. The molecule has 6 atom stereocenters. The summed E-state index contributed by atoms with van der Waals surface area (Å²) in [5.74, 6) is -7.71. The van der Waals surface area contributed by atoms with E-state index in [-0.39, 0.29) is 61.3 Å². The molecule has 0 bridgehead atoms. The van der Waals surface area contributed by atoms with Crippen LogP contribution in [0.15, 0.2) is 102 Å². The van der Waals surface area contributed by atoms with Crippen LogP contribution in [0.5, 0.6) is 0 Å². The topological polar surface area (TPSA) is 334 Å². The lowest BCUT2D eigenvalue weighted by Gasteiger charge is -2.36. The van der Waals surface area contributed by atoms with Crippen molar-refractivity contribution in [2.24, 2.45) is 5.73 Å². The first kappa shape index (κ1) is 57.6. The Balaban J connectivity index is 0.896. The van der Waals surface area contributed by atoms with Crippen LogP contribution in [0.3, 0.4) is 0 Å². The molecule has 2 aliphatic rings. The van der Waals surface area contributed by atoms with Gasteiger partial charge < -0.3 is 56.6 Å². The lowest BCUT2D eigenvalue weighted by atomic mass is 9.76. The highest BCUT2D eigenvalue weighted by Gasteiger charge is 2.48. The average Bonchev–Trinajstić information content (AvgIpc) is 4.02. The molecule has 2 aromatic heterocycles. The predicted octanol–water partition coefficient (Wildman–Crippen LogP) is 2.53. The third-order valence-electron chi connectivity index (χ3n) is 13.1. The molecule has 78 heavy (non-hydrogen) atoms. The van der Waals surface area contributed by atoms with Crippen molar-refractivity contribution in [3.8, 4) is 11.4 Å². The van der Waals surface area contributed by atoms with Gasteiger partial charge in [-0.3, -0.25) is 38.4 Å². The SMILES string of the molecule is CC[C@@]1(OC(=O)OCCSSC[C@H](NC(=O)[C@H](CC(=O)O)NC(=O)[C@@H](N)CNC(=O)[C@H](Cc2ccccc2)NC(=O)[C@H](Cc2ccccc2)NC(C)=O)C(=O)O)C(=O)CCc2c1cc1n(c2=O)Cc2cc3ccccc3nc2-1. The summed E-state index contributed by atoms with van der Waals surface area (Å²) in [4.78, 5) is 136. The Labute approximate surface area is 454 Å². The highest BCUT2D eigenvalue weighted by molar-refractivity contribution is 8.76. The first-order valence-electron chi connectivity index (χ1n) is 24.9. The van der Waals surface area contributed by atoms with Gasteiger partial charge in [-0.25, -0.2) is 14.6 Å². The molecule has 0 saturated carbocycles. The van der Waals surface area contributed by atoms with Crippen molar-refractivity contribution in [3.05, 3.63) is 135 Å². The lowest BCUT2D eigenvalue weighted by molar-refractivity contribution is -0.144. The Morgan fingerprint density at radius 3 is 2.01 bits per heavy atom. The maximum absolute atomic E-state index is 13.9. The van der Waals surface area contributed by atoms with Gasteiger partial charge in [-0.05, 0) is 42.2 Å². The van der Waals surface area contributed by atoms with Gasteiger partial charge in [-0.15, -0.1) is 0 Å². The molecule has 3 heterocycles. The second kappa shape index (κ2) is 26.3. The van der Waals surface area contributed by atoms with Crippen molar-refractivity contribution in [3.63, 3.8) is 0 Å². The summed E-state index contributed by atoms with van der Waals surface area (Å²) >= 11 is 0. The second-order valence-electron chi connectivity index (χ2n) is 18.5. The van der Waals surface area contributed by atoms with Gasteiger partial charge in [0.25, 0.3) is 5.56 Å². The van der Waals surface area contributed by atoms with Crippen LogP contribution in [0.2, 0.25) is 0 Å². The van der Waals surface area contributed by atoms with Gasteiger partial charge in [0, 0.05) is 66.3 Å². The Morgan fingerprint density at radius 2 is 1.37 bits per heavy atom. The van der Waals surface area contributed by atoms with E-state index in [0.717, 1.165) is 43.6 Å². The normalized spacial score (nSPS) is 16.1. The van der Waals surface area contributed by atoms with Crippen LogP contribution < -0.4 is 37.9 Å². The van der Waals surface area contributed by atoms with Gasteiger partial charge in [-0.2, -0.15) is 0 Å². The van der Waals surface area contributed by atoms with Gasteiger partial charge >= 0.3 is 18.1 Å². The Kier molecular flexibility index (Phi) is 19.4. The molecule has 1 aliphatic heterocycles. The third-order valence-corrected chi connectivity index (χ3v) is 15.5. The summed E-state index contributed by atoms with van der Waals surface area (Å²) in [6, 6.07) is 21.6. The Morgan fingerprint density at radius 1 is 0.756 bits per heavy atom. The number of Topliss-reactive ketones (excluding diaryl/α,β-unsaturated/α-hetero) is 1. The number of hydrogen-bond acceptors (Lipinski definition) is 16. The standard InChI is InChI=1S/C54H58N8O14S2/c1-3-54(36-25-43-46-34(24-33-16-10-11-17-38(33)58-46)28-62(43)51(71)35(36)18-19-44(54)64)76-53(74)75-20-21-77-78-29-42(52(72)73)61-50(70)41(26-45(65)66)59-47(67)37(55)27-56-48(68)39(22-31-12-6-4-7-13-31)60-49(69)40(57-30(2)63)23-32-14-8-5-9-15-32/h4-17,24-25,37,39-42H,3,18-23,26-29,55H2,1-2H3,(H,56,68)(H,57,63)(H,59,67)(H,60,69)(H,61,70)(H,65,66)(H,72,73)/t37-,39-,40-,41-,42-,54-/m0/s1. The number of carbonyl (C=O) groups is 9. The van der Waals surface area contributed by atoms with Gasteiger partial charge in [0.05, 0.1) is 29.9 Å². The molecule has 0 saturated heterocycles. The fourth-order valence-corrected chi connectivity index (χ4v) is 11.1. The first-order valence-corrected chi connectivity index (χ1v) is 27.4. The number of pyridine rings is 2. The number of aliphatic carboxylic acids is 2. The van der Waals surface area contributed by atoms with Crippen LogP contribution in [-0.4, -0.2) is 128 Å². The number of nitrogens with two attached hydrogens (primary N) is 1. The van der Waals surface area contributed by atoms with E-state index in [1.54, 1.807) is 78.2 Å². The molecule has 0 unspecified atom stereocenters. The average molecular weight is 1110 g/mol. The molecule has 3 aromatic carbocycles. The highest BCUT2D eigenvalue weighted by atomic mass is 33.1. The Bertz CT molecular complexity index is 3160. The molecule has 0 radical (unpaired) electrons. The molecule has 0 spiro atoms. The highest BCUT2D eigenvalue weighted by Crippen LogP contribution is 2.42. The molecule has 1 aliphatic carbocycles. The molecule has 7 rings (SSSR count). The summed E-state index contributed by atoms with van der Waals surface area (Å²) in [7, 11) is 2.03. The van der Waals surface area contributed by atoms with Crippen LogP contribution in [0.1, 0.15) is 60.9 Å². The number of rotatable bonds is 25. The minimum absolute atomic E-state index is 0.00139. The molecule has 24 heteroatoms. The second-order valence-corrected chi connectivity index (χ2v) is 21.1. The minimum atomic E-state index is -1.81. The fourth-order valence-electron chi connectivity index (χ4n) is 9.16. The molecular weight excluding hydrogens is 1050 g/mol. The van der Waals surface area contributed by atoms with Crippen LogP contribution >= 0.6 is 21.6 Å². The largest absolute Gasteiger partial charge is 0.509 e. The number of carboxylic acid groups (broad SMARTS) is 2. The van der Waals surface area contributed by atoms with Crippen molar-refractivity contribution in [2.75, 3.05) is 24.7 Å². The van der Waals surface area contributed by atoms with Crippen molar-refractivity contribution >= 4 is 85.9 Å². The quantitative estimate of drug-likeness (QED) is 0.0232. The van der Waals surface area contributed by atoms with Crippen molar-refractivity contribution in [1.82, 2.24) is 36.1 Å². The van der Waals surface area contributed by atoms with Crippen molar-refractivity contribution in [2.45, 2.75) is 94.7 Å². The van der Waals surface area contributed by atoms with E-state index in [2.05, 4.69) is 26.6 Å². The van der Waals surface area contributed by atoms with Gasteiger partial charge in [-0.1, -0.05) is 107 Å². The maximum atomic E-state index is 13.9. The number of para-hydroxylation sites is 1. The number of nitrogens with one attached hydrogen (secondary N) is 5. The van der Waals surface area contributed by atoms with Crippen LogP contribution in [-0.2, 0) is 79.2 Å². The Hall–Kier alpha value is -8.09. The van der Waals surface area contributed by atoms with Gasteiger partial charge in [0.15, 0.2) is 11.4 Å². The maximum Gasteiger partial charge on any atom is 0.509 e. The molecule has 410 valence electrons. The fraction of sp³-hybridized carbons (Fsp3) is 0.352. The number of aromatic nitrogens is 2. The number of benzene rings is 3. The summed E-state index contributed by atoms with van der Waals surface area (Å²) < 4.78 is 12.8. The van der Waals surface area contributed by atoms with E-state index in [1.807, 2.05) is 30.3 Å². The van der Waals surface area contributed by atoms with Crippen molar-refractivity contribution < 1.29 is 62.8 Å². The lowest BCUT2D eigenvalue weighted by Crippen LogP contribution is -2.58. The monoisotopic (exact) mass is 1110 g/mol. The van der Waals surface area contributed by atoms with Gasteiger partial charge in [0.2, 0.25) is 29.5 Å². The minimum Gasteiger partial charge on any atom is -0.481 e. The number of nitrogens with zero attached hydrogens (tertiary/aromatic N) is 2. The number of carboxylic acids is 2. The zero-order chi connectivity index (χ0) is 56.1. The first-order chi connectivity index (χ1) is 37.4. The smallest absolute Gasteiger partial charge is 0.481 e. The molecule has 9 N–H and O–H groups in total. The number of ketones is 1. The predicted molar refractivity (Wildman–Crippen MR) is 288 cm³/mol. The molecule has 5 amide bonds. The number of amides is 5. The van der Waals surface area contributed by atoms with E-state index in [4.69, 9.17) is 20.2 Å². The molecule has 5 aromatic rings. The van der Waals surface area contributed by atoms with E-state index >= 15 is 0 Å². The van der Waals surface area contributed by atoms with E-state index < -0.39 is 102 Å².